The highest BCUT2D eigenvalue weighted by molar-refractivity contribution is 5.73. The topological polar surface area (TPSA) is 26.3 Å². The maximum Gasteiger partial charge on any atom is 0.307 e. The van der Waals surface area contributed by atoms with Crippen LogP contribution in [0.3, 0.4) is 0 Å². The van der Waals surface area contributed by atoms with Gasteiger partial charge in [-0.2, -0.15) is 0 Å². The number of esters is 1. The maximum atomic E-state index is 11.4. The van der Waals surface area contributed by atoms with Gasteiger partial charge in [0.25, 0.3) is 0 Å². The second kappa shape index (κ2) is 3.09. The number of hydrogen-bond acceptors (Lipinski definition) is 2. The number of rotatable bonds is 1. The molecule has 0 radical (unpaired) electrons. The summed E-state index contributed by atoms with van der Waals surface area (Å²) in [4.78, 5) is 11.4. The molecule has 0 bridgehead atoms. The Hall–Kier alpha value is -1.31. The molecule has 1 saturated carbocycles. The number of ether oxygens (including phenoxy) is 1. The molecule has 0 unspecified atom stereocenters. The lowest BCUT2D eigenvalue weighted by atomic mass is 9.84. The summed E-state index contributed by atoms with van der Waals surface area (Å²) in [5.74, 6) is 0.385. The van der Waals surface area contributed by atoms with Crippen LogP contribution in [0.5, 0.6) is 0 Å². The number of benzene rings is 1. The van der Waals surface area contributed by atoms with E-state index in [1.807, 2.05) is 18.2 Å². The van der Waals surface area contributed by atoms with Crippen LogP contribution in [0, 0.1) is 5.92 Å². The van der Waals surface area contributed by atoms with E-state index in [1.165, 1.54) is 12.0 Å². The van der Waals surface area contributed by atoms with E-state index in [1.54, 1.807) is 0 Å². The Labute approximate surface area is 89.2 Å². The first kappa shape index (κ1) is 8.96. The van der Waals surface area contributed by atoms with Crippen LogP contribution in [0.15, 0.2) is 30.3 Å². The molecule has 1 aromatic rings. The molecule has 3 rings (SSSR count). The van der Waals surface area contributed by atoms with Crippen LogP contribution in [0.1, 0.15) is 31.2 Å². The normalized spacial score (nSPS) is 33.9. The van der Waals surface area contributed by atoms with Crippen molar-refractivity contribution in [3.05, 3.63) is 35.9 Å². The van der Waals surface area contributed by atoms with Crippen molar-refractivity contribution in [1.29, 1.82) is 0 Å². The molecule has 2 fully saturated rings. The van der Waals surface area contributed by atoms with Crippen molar-refractivity contribution in [2.45, 2.75) is 31.3 Å². The van der Waals surface area contributed by atoms with Crippen molar-refractivity contribution >= 4 is 5.97 Å². The first-order valence-corrected chi connectivity index (χ1v) is 5.59. The molecule has 2 atom stereocenters. The van der Waals surface area contributed by atoms with Crippen molar-refractivity contribution < 1.29 is 9.53 Å². The predicted molar refractivity (Wildman–Crippen MR) is 56.2 cm³/mol. The van der Waals surface area contributed by atoms with E-state index in [2.05, 4.69) is 12.1 Å². The average molecular weight is 202 g/mol. The summed E-state index contributed by atoms with van der Waals surface area (Å²) < 4.78 is 5.62. The van der Waals surface area contributed by atoms with Gasteiger partial charge in [0.15, 0.2) is 0 Å². The van der Waals surface area contributed by atoms with Gasteiger partial charge in [-0.05, 0) is 24.8 Å². The van der Waals surface area contributed by atoms with Crippen molar-refractivity contribution in [3.8, 4) is 0 Å². The van der Waals surface area contributed by atoms with E-state index >= 15 is 0 Å². The van der Waals surface area contributed by atoms with Crippen LogP contribution in [0.4, 0.5) is 0 Å². The van der Waals surface area contributed by atoms with Crippen LogP contribution in [-0.4, -0.2) is 5.97 Å². The Kier molecular flexibility index (Phi) is 1.84. The van der Waals surface area contributed by atoms with Crippen molar-refractivity contribution in [3.63, 3.8) is 0 Å². The van der Waals surface area contributed by atoms with Gasteiger partial charge in [0.2, 0.25) is 0 Å². The molecule has 1 aliphatic carbocycles. The molecule has 1 aliphatic heterocycles. The van der Waals surface area contributed by atoms with Gasteiger partial charge in [0.05, 0.1) is 6.42 Å². The minimum atomic E-state index is -0.279. The van der Waals surface area contributed by atoms with Crippen molar-refractivity contribution in [2.24, 2.45) is 5.92 Å². The molecular formula is C13H14O2. The Balaban J connectivity index is 2.05. The highest BCUT2D eigenvalue weighted by atomic mass is 16.6. The summed E-state index contributed by atoms with van der Waals surface area (Å²) in [6, 6.07) is 10.2. The predicted octanol–water partition coefficient (Wildman–Crippen LogP) is 2.63. The van der Waals surface area contributed by atoms with Crippen molar-refractivity contribution in [1.82, 2.24) is 0 Å². The minimum absolute atomic E-state index is 0.0245. The SMILES string of the molecule is O=C1C[C@H]2CCC[C@@]2(c2ccccc2)O1. The minimum Gasteiger partial charge on any atom is -0.454 e. The van der Waals surface area contributed by atoms with Crippen LogP contribution >= 0.6 is 0 Å². The van der Waals surface area contributed by atoms with Gasteiger partial charge in [-0.1, -0.05) is 30.3 Å². The van der Waals surface area contributed by atoms with E-state index in [-0.39, 0.29) is 11.6 Å². The Morgan fingerprint density at radius 3 is 2.87 bits per heavy atom. The lowest BCUT2D eigenvalue weighted by Gasteiger charge is -2.28. The molecule has 78 valence electrons. The molecule has 1 saturated heterocycles. The van der Waals surface area contributed by atoms with Gasteiger partial charge in [-0.15, -0.1) is 0 Å². The zero-order valence-corrected chi connectivity index (χ0v) is 8.61. The number of hydrogen-bond donors (Lipinski definition) is 0. The van der Waals surface area contributed by atoms with E-state index in [4.69, 9.17) is 4.74 Å². The quantitative estimate of drug-likeness (QED) is 0.654. The summed E-state index contributed by atoms with van der Waals surface area (Å²) in [5.41, 5.74) is 0.900. The Bertz CT molecular complexity index is 385. The van der Waals surface area contributed by atoms with Crippen LogP contribution in [0.25, 0.3) is 0 Å². The van der Waals surface area contributed by atoms with E-state index in [9.17, 15) is 4.79 Å². The molecule has 2 aliphatic rings. The third-order valence-corrected chi connectivity index (χ3v) is 3.73. The van der Waals surface area contributed by atoms with Gasteiger partial charge in [0.1, 0.15) is 5.60 Å². The lowest BCUT2D eigenvalue weighted by molar-refractivity contribution is -0.149. The zero-order chi connectivity index (χ0) is 10.3. The third-order valence-electron chi connectivity index (χ3n) is 3.73. The van der Waals surface area contributed by atoms with Crippen LogP contribution < -0.4 is 0 Å². The van der Waals surface area contributed by atoms with Gasteiger partial charge in [-0.3, -0.25) is 4.79 Å². The van der Waals surface area contributed by atoms with Gasteiger partial charge in [-0.25, -0.2) is 0 Å². The van der Waals surface area contributed by atoms with Crippen LogP contribution in [0.2, 0.25) is 0 Å². The molecule has 15 heavy (non-hydrogen) atoms. The summed E-state index contributed by atoms with van der Waals surface area (Å²) in [7, 11) is 0. The monoisotopic (exact) mass is 202 g/mol. The second-order valence-corrected chi connectivity index (χ2v) is 4.52. The standard InChI is InChI=1S/C13H14O2/c14-12-9-11-7-4-8-13(11,15-12)10-5-2-1-3-6-10/h1-3,5-6,11H,4,7-9H2/t11-,13+/m1/s1. The molecular weight excluding hydrogens is 188 g/mol. The third kappa shape index (κ3) is 1.21. The van der Waals surface area contributed by atoms with E-state index in [0.29, 0.717) is 12.3 Å². The molecule has 2 nitrogen and oxygen atoms in total. The molecule has 0 aromatic heterocycles. The zero-order valence-electron chi connectivity index (χ0n) is 8.61. The fourth-order valence-electron chi connectivity index (χ4n) is 3.05. The summed E-state index contributed by atoms with van der Waals surface area (Å²) >= 11 is 0. The fourth-order valence-corrected chi connectivity index (χ4v) is 3.05. The van der Waals surface area contributed by atoms with Gasteiger partial charge in [0, 0.05) is 5.92 Å². The molecule has 0 N–H and O–H groups in total. The largest absolute Gasteiger partial charge is 0.454 e. The maximum absolute atomic E-state index is 11.4. The van der Waals surface area contributed by atoms with E-state index in [0.717, 1.165) is 12.8 Å². The summed E-state index contributed by atoms with van der Waals surface area (Å²) in [6.07, 6.45) is 3.90. The fraction of sp³-hybridized carbons (Fsp3) is 0.462. The average Bonchev–Trinajstić information content (AvgIpc) is 2.75. The molecule has 2 heteroatoms. The number of carbonyl (C=O) groups is 1. The molecule has 1 aromatic carbocycles. The second-order valence-electron chi connectivity index (χ2n) is 4.52. The van der Waals surface area contributed by atoms with Crippen molar-refractivity contribution in [2.75, 3.05) is 0 Å². The molecule has 0 spiro atoms. The van der Waals surface area contributed by atoms with E-state index < -0.39 is 0 Å². The van der Waals surface area contributed by atoms with Gasteiger partial charge >= 0.3 is 5.97 Å². The molecule has 0 amide bonds. The number of carbonyl (C=O) groups excluding carboxylic acids is 1. The Morgan fingerprint density at radius 2 is 2.07 bits per heavy atom. The lowest BCUT2D eigenvalue weighted by Crippen LogP contribution is -2.27. The summed E-state index contributed by atoms with van der Waals surface area (Å²) in [5, 5.41) is 0. The van der Waals surface area contributed by atoms with Gasteiger partial charge < -0.3 is 4.74 Å². The first-order valence-electron chi connectivity index (χ1n) is 5.59. The summed E-state index contributed by atoms with van der Waals surface area (Å²) in [6.45, 7) is 0. The number of fused-ring (bicyclic) bond motifs is 1. The van der Waals surface area contributed by atoms with Crippen LogP contribution in [-0.2, 0) is 15.1 Å². The Morgan fingerprint density at radius 1 is 1.27 bits per heavy atom. The highest BCUT2D eigenvalue weighted by Gasteiger charge is 2.52. The molecule has 1 heterocycles. The first-order chi connectivity index (χ1) is 7.31. The smallest absolute Gasteiger partial charge is 0.307 e. The highest BCUT2D eigenvalue weighted by Crippen LogP contribution is 2.52.